The van der Waals surface area contributed by atoms with E-state index in [-0.39, 0.29) is 5.41 Å². The Balaban J connectivity index is 2.07. The minimum atomic E-state index is 0.178. The number of guanidine groups is 1. The molecule has 1 saturated carbocycles. The molecule has 154 valence electrons. The smallest absolute Gasteiger partial charge is 0.191 e. The van der Waals surface area contributed by atoms with Gasteiger partial charge in [0.2, 0.25) is 0 Å². The highest BCUT2D eigenvalue weighted by Crippen LogP contribution is 2.48. The van der Waals surface area contributed by atoms with E-state index in [1.165, 1.54) is 0 Å². The van der Waals surface area contributed by atoms with Crippen LogP contribution in [-0.2, 0) is 18.3 Å². The fraction of sp³-hybridized carbons (Fsp3) is 0.842. The summed E-state index contributed by atoms with van der Waals surface area (Å²) in [5.41, 5.74) is 0.178. The van der Waals surface area contributed by atoms with Gasteiger partial charge in [0, 0.05) is 32.2 Å². The van der Waals surface area contributed by atoms with Crippen LogP contribution in [0.15, 0.2) is 4.99 Å². The van der Waals surface area contributed by atoms with Gasteiger partial charge in [0.05, 0.1) is 6.10 Å². The van der Waals surface area contributed by atoms with E-state index < -0.39 is 0 Å². The third-order valence-corrected chi connectivity index (χ3v) is 6.77. The molecule has 27 heavy (non-hydrogen) atoms. The van der Waals surface area contributed by atoms with Crippen molar-refractivity contribution in [1.82, 2.24) is 25.4 Å². The normalized spacial score (nSPS) is 21.8. The van der Waals surface area contributed by atoms with Crippen LogP contribution in [0, 0.1) is 12.3 Å². The summed E-state index contributed by atoms with van der Waals surface area (Å²) in [4.78, 5) is 4.80. The van der Waals surface area contributed by atoms with Crippen LogP contribution in [0.4, 0.5) is 0 Å². The fourth-order valence-electron chi connectivity index (χ4n) is 3.96. The molecule has 0 spiro atoms. The van der Waals surface area contributed by atoms with Crippen LogP contribution >= 0.6 is 11.8 Å². The number of methoxy groups -OCH3 is 1. The maximum Gasteiger partial charge on any atom is 0.191 e. The second-order valence-corrected chi connectivity index (χ2v) is 8.24. The minimum Gasteiger partial charge on any atom is -0.381 e. The number of aliphatic imine (C=N–C) groups is 1. The van der Waals surface area contributed by atoms with Gasteiger partial charge in [0.15, 0.2) is 11.8 Å². The number of aryl methyl sites for hydroxylation is 1. The second kappa shape index (κ2) is 10.3. The molecule has 1 aliphatic rings. The summed E-state index contributed by atoms with van der Waals surface area (Å²) in [5.74, 6) is 3.78. The SMILES string of the molecule is CCC1(CC)C(NC(=NCc2nnc(C)n2C)NCCCSC)CC1OC. The Kier molecular flexibility index (Phi) is 8.41. The predicted octanol–water partition coefficient (Wildman–Crippen LogP) is 2.51. The number of nitrogens with one attached hydrogen (secondary N) is 2. The molecule has 1 aromatic rings. The number of hydrogen-bond acceptors (Lipinski definition) is 5. The molecule has 1 heterocycles. The molecule has 0 bridgehead atoms. The van der Waals surface area contributed by atoms with E-state index in [0.717, 1.165) is 55.6 Å². The fourth-order valence-corrected chi connectivity index (χ4v) is 4.39. The molecule has 2 rings (SSSR count). The summed E-state index contributed by atoms with van der Waals surface area (Å²) in [5, 5.41) is 15.5. The lowest BCUT2D eigenvalue weighted by atomic mass is 9.58. The maximum absolute atomic E-state index is 5.73. The zero-order valence-electron chi connectivity index (χ0n) is 17.7. The third-order valence-electron chi connectivity index (χ3n) is 6.08. The van der Waals surface area contributed by atoms with Crippen LogP contribution < -0.4 is 10.6 Å². The van der Waals surface area contributed by atoms with Gasteiger partial charge in [-0.2, -0.15) is 11.8 Å². The molecule has 0 radical (unpaired) electrons. The largest absolute Gasteiger partial charge is 0.381 e. The van der Waals surface area contributed by atoms with E-state index in [9.17, 15) is 0 Å². The Hall–Kier alpha value is -1.28. The predicted molar refractivity (Wildman–Crippen MR) is 113 cm³/mol. The van der Waals surface area contributed by atoms with Crippen LogP contribution in [0.5, 0.6) is 0 Å². The number of nitrogens with zero attached hydrogens (tertiary/aromatic N) is 4. The van der Waals surface area contributed by atoms with E-state index in [1.807, 2.05) is 37.4 Å². The molecule has 1 fully saturated rings. The van der Waals surface area contributed by atoms with E-state index in [2.05, 4.69) is 40.9 Å². The van der Waals surface area contributed by atoms with E-state index in [1.54, 1.807) is 0 Å². The molecule has 0 aliphatic heterocycles. The van der Waals surface area contributed by atoms with Crippen molar-refractivity contribution in [3.63, 3.8) is 0 Å². The Morgan fingerprint density at radius 2 is 2.11 bits per heavy atom. The zero-order chi connectivity index (χ0) is 19.9. The first-order valence-corrected chi connectivity index (χ1v) is 11.3. The molecular weight excluding hydrogens is 360 g/mol. The molecule has 2 atom stereocenters. The number of rotatable bonds is 10. The van der Waals surface area contributed by atoms with Crippen LogP contribution in [0.2, 0.25) is 0 Å². The van der Waals surface area contributed by atoms with Crippen LogP contribution in [-0.4, -0.2) is 58.5 Å². The Labute approximate surface area is 168 Å². The zero-order valence-corrected chi connectivity index (χ0v) is 18.5. The average molecular weight is 397 g/mol. The highest BCUT2D eigenvalue weighted by molar-refractivity contribution is 7.98. The lowest BCUT2D eigenvalue weighted by molar-refractivity contribution is -0.118. The second-order valence-electron chi connectivity index (χ2n) is 7.26. The van der Waals surface area contributed by atoms with Crippen molar-refractivity contribution in [3.8, 4) is 0 Å². The van der Waals surface area contributed by atoms with Crippen molar-refractivity contribution >= 4 is 17.7 Å². The van der Waals surface area contributed by atoms with Crippen molar-refractivity contribution in [2.24, 2.45) is 17.5 Å². The maximum atomic E-state index is 5.73. The molecule has 1 aliphatic carbocycles. The number of aromatic nitrogens is 3. The molecule has 0 saturated heterocycles. The van der Waals surface area contributed by atoms with E-state index in [4.69, 9.17) is 9.73 Å². The summed E-state index contributed by atoms with van der Waals surface area (Å²) >= 11 is 1.87. The monoisotopic (exact) mass is 396 g/mol. The van der Waals surface area contributed by atoms with Gasteiger partial charge in [0.25, 0.3) is 0 Å². The number of thioether (sulfide) groups is 1. The Morgan fingerprint density at radius 3 is 2.67 bits per heavy atom. The van der Waals surface area contributed by atoms with Gasteiger partial charge < -0.3 is 19.9 Å². The third kappa shape index (κ3) is 4.96. The highest BCUT2D eigenvalue weighted by Gasteiger charge is 2.53. The lowest BCUT2D eigenvalue weighted by Crippen LogP contribution is -2.65. The molecule has 0 aromatic carbocycles. The van der Waals surface area contributed by atoms with Crippen LogP contribution in [0.3, 0.4) is 0 Å². The van der Waals surface area contributed by atoms with Gasteiger partial charge >= 0.3 is 0 Å². The van der Waals surface area contributed by atoms with Crippen molar-refractivity contribution < 1.29 is 4.74 Å². The first kappa shape index (κ1) is 22.0. The van der Waals surface area contributed by atoms with Crippen molar-refractivity contribution in [2.45, 2.75) is 65.1 Å². The standard InChI is InChI=1S/C19H36N6OS/c1-7-19(8-2)15(12-16(19)26-5)22-18(20-10-9-11-27-6)21-13-17-24-23-14(3)25(17)4/h15-16H,7-13H2,1-6H3,(H2,20,21,22). The summed E-state index contributed by atoms with van der Waals surface area (Å²) < 4.78 is 7.72. The topological polar surface area (TPSA) is 76.4 Å². The molecule has 2 N–H and O–H groups in total. The summed E-state index contributed by atoms with van der Waals surface area (Å²) in [7, 11) is 3.81. The number of ether oxygens (including phenoxy) is 1. The Morgan fingerprint density at radius 1 is 1.37 bits per heavy atom. The summed E-state index contributed by atoms with van der Waals surface area (Å²) in [6.45, 7) is 7.90. The van der Waals surface area contributed by atoms with Gasteiger partial charge in [-0.25, -0.2) is 4.99 Å². The Bertz CT molecular complexity index is 613. The molecule has 8 heteroatoms. The van der Waals surface area contributed by atoms with Crippen molar-refractivity contribution in [2.75, 3.05) is 25.7 Å². The minimum absolute atomic E-state index is 0.178. The van der Waals surface area contributed by atoms with E-state index >= 15 is 0 Å². The van der Waals surface area contributed by atoms with Gasteiger partial charge in [0.1, 0.15) is 12.4 Å². The first-order valence-electron chi connectivity index (χ1n) is 9.93. The molecule has 7 nitrogen and oxygen atoms in total. The quantitative estimate of drug-likeness (QED) is 0.359. The highest BCUT2D eigenvalue weighted by atomic mass is 32.2. The first-order chi connectivity index (χ1) is 13.0. The lowest BCUT2D eigenvalue weighted by Gasteiger charge is -2.55. The average Bonchev–Trinajstić information content (AvgIpc) is 2.98. The molecule has 1 aromatic heterocycles. The summed E-state index contributed by atoms with van der Waals surface area (Å²) in [6.07, 6.45) is 6.79. The van der Waals surface area contributed by atoms with Gasteiger partial charge in [-0.15, -0.1) is 10.2 Å². The van der Waals surface area contributed by atoms with Crippen LogP contribution in [0.25, 0.3) is 0 Å². The number of hydrogen-bond donors (Lipinski definition) is 2. The molecule has 2 unspecified atom stereocenters. The van der Waals surface area contributed by atoms with E-state index in [0.29, 0.717) is 18.7 Å². The van der Waals surface area contributed by atoms with Gasteiger partial charge in [-0.1, -0.05) is 13.8 Å². The van der Waals surface area contributed by atoms with Gasteiger partial charge in [-0.3, -0.25) is 0 Å². The summed E-state index contributed by atoms with van der Waals surface area (Å²) in [6, 6.07) is 0.380. The van der Waals surface area contributed by atoms with Crippen LogP contribution in [0.1, 0.15) is 51.2 Å². The molecular formula is C19H36N6OS. The van der Waals surface area contributed by atoms with Crippen molar-refractivity contribution in [3.05, 3.63) is 11.6 Å². The molecule has 0 amide bonds. The van der Waals surface area contributed by atoms with Gasteiger partial charge in [-0.05, 0) is 44.6 Å². The van der Waals surface area contributed by atoms with Crippen molar-refractivity contribution in [1.29, 1.82) is 0 Å².